The molecule has 2 atom stereocenters. The van der Waals surface area contributed by atoms with Gasteiger partial charge in [0.05, 0.1) is 7.11 Å². The molecule has 1 N–H and O–H groups in total. The first-order chi connectivity index (χ1) is 9.24. The number of hydrogen-bond acceptors (Lipinski definition) is 2. The highest BCUT2D eigenvalue weighted by Gasteiger charge is 2.23. The molecule has 1 aliphatic carbocycles. The number of nitrogens with one attached hydrogen (secondary N) is 1. The lowest BCUT2D eigenvalue weighted by Gasteiger charge is -2.22. The van der Waals surface area contributed by atoms with Crippen LogP contribution in [0.5, 0.6) is 5.75 Å². The Balaban J connectivity index is 2.20. The summed E-state index contributed by atoms with van der Waals surface area (Å²) in [4.78, 5) is 0. The predicted octanol–water partition coefficient (Wildman–Crippen LogP) is 4.37. The molecule has 0 saturated heterocycles. The molecule has 106 valence electrons. The minimum Gasteiger partial charge on any atom is -0.496 e. The first kappa shape index (κ1) is 14.7. The van der Waals surface area contributed by atoms with Crippen molar-refractivity contribution < 1.29 is 4.74 Å². The van der Waals surface area contributed by atoms with Gasteiger partial charge in [-0.15, -0.1) is 0 Å². The molecule has 0 aliphatic heterocycles. The van der Waals surface area contributed by atoms with E-state index in [1.165, 1.54) is 37.7 Å². The molecule has 1 fully saturated rings. The van der Waals surface area contributed by atoms with Crippen LogP contribution < -0.4 is 10.1 Å². The lowest BCUT2D eigenvalue weighted by Crippen LogP contribution is -2.29. The van der Waals surface area contributed by atoms with Gasteiger partial charge in [0.2, 0.25) is 0 Å². The zero-order chi connectivity index (χ0) is 13.7. The number of benzene rings is 1. The molecule has 19 heavy (non-hydrogen) atoms. The molecule has 0 bridgehead atoms. The molecule has 2 nitrogen and oxygen atoms in total. The van der Waals surface area contributed by atoms with Crippen LogP contribution in [-0.4, -0.2) is 19.7 Å². The largest absolute Gasteiger partial charge is 0.496 e. The van der Waals surface area contributed by atoms with E-state index < -0.39 is 0 Å². The number of halogens is 1. The zero-order valence-corrected chi connectivity index (χ0v) is 12.7. The highest BCUT2D eigenvalue weighted by atomic mass is 35.5. The van der Waals surface area contributed by atoms with Gasteiger partial charge in [-0.25, -0.2) is 0 Å². The summed E-state index contributed by atoms with van der Waals surface area (Å²) >= 11 is 6.16. The van der Waals surface area contributed by atoms with Crippen LogP contribution in [-0.2, 0) is 0 Å². The fourth-order valence-electron chi connectivity index (χ4n) is 3.14. The maximum Gasteiger partial charge on any atom is 0.122 e. The minimum atomic E-state index is 0.556. The number of ether oxygens (including phenoxy) is 1. The van der Waals surface area contributed by atoms with Gasteiger partial charge in [-0.2, -0.15) is 0 Å². The fourth-order valence-corrected chi connectivity index (χ4v) is 3.32. The highest BCUT2D eigenvalue weighted by Crippen LogP contribution is 2.37. The molecule has 2 rings (SSSR count). The van der Waals surface area contributed by atoms with Crippen LogP contribution in [0.15, 0.2) is 18.2 Å². The van der Waals surface area contributed by atoms with Gasteiger partial charge in [0.25, 0.3) is 0 Å². The summed E-state index contributed by atoms with van der Waals surface area (Å²) in [6, 6.07) is 6.60. The van der Waals surface area contributed by atoms with E-state index in [0.29, 0.717) is 12.0 Å². The van der Waals surface area contributed by atoms with Gasteiger partial charge in [0.1, 0.15) is 5.75 Å². The summed E-state index contributed by atoms with van der Waals surface area (Å²) in [5, 5.41) is 4.41. The van der Waals surface area contributed by atoms with E-state index in [1.807, 2.05) is 12.1 Å². The molecule has 0 amide bonds. The third-order valence-corrected chi connectivity index (χ3v) is 4.28. The summed E-state index contributed by atoms with van der Waals surface area (Å²) < 4.78 is 5.51. The molecule has 0 radical (unpaired) electrons. The van der Waals surface area contributed by atoms with Crippen LogP contribution in [0.4, 0.5) is 0 Å². The third-order valence-electron chi connectivity index (χ3n) is 4.05. The Labute approximate surface area is 121 Å². The van der Waals surface area contributed by atoms with Crippen molar-refractivity contribution in [1.29, 1.82) is 0 Å². The van der Waals surface area contributed by atoms with Crippen molar-refractivity contribution in [2.75, 3.05) is 13.7 Å². The van der Waals surface area contributed by atoms with Gasteiger partial charge in [-0.3, -0.25) is 0 Å². The fraction of sp³-hybridized carbons (Fsp3) is 0.625. The number of rotatable bonds is 4. The van der Waals surface area contributed by atoms with E-state index in [1.54, 1.807) is 7.11 Å². The second-order valence-corrected chi connectivity index (χ2v) is 5.79. The number of hydrogen-bond donors (Lipinski definition) is 1. The first-order valence-electron chi connectivity index (χ1n) is 7.31. The highest BCUT2D eigenvalue weighted by molar-refractivity contribution is 6.30. The average Bonchev–Trinajstić information content (AvgIpc) is 2.65. The molecular formula is C16H24ClNO. The number of methoxy groups -OCH3 is 1. The van der Waals surface area contributed by atoms with Crippen LogP contribution in [0.1, 0.15) is 50.5 Å². The Kier molecular flexibility index (Phi) is 5.53. The summed E-state index contributed by atoms with van der Waals surface area (Å²) in [7, 11) is 1.74. The molecule has 1 aromatic carbocycles. The zero-order valence-electron chi connectivity index (χ0n) is 11.9. The summed E-state index contributed by atoms with van der Waals surface area (Å²) in [5.41, 5.74) is 1.28. The van der Waals surface area contributed by atoms with Crippen LogP contribution in [0, 0.1) is 0 Å². The lowest BCUT2D eigenvalue weighted by molar-refractivity contribution is 0.395. The van der Waals surface area contributed by atoms with Crippen molar-refractivity contribution in [2.45, 2.75) is 51.0 Å². The summed E-state index contributed by atoms with van der Waals surface area (Å²) in [6.45, 7) is 3.23. The van der Waals surface area contributed by atoms with Gasteiger partial charge in [0, 0.05) is 11.1 Å². The van der Waals surface area contributed by atoms with Gasteiger partial charge in [-0.1, -0.05) is 31.4 Å². The van der Waals surface area contributed by atoms with Gasteiger partial charge in [-0.05, 0) is 55.5 Å². The lowest BCUT2D eigenvalue weighted by atomic mass is 9.89. The van der Waals surface area contributed by atoms with Crippen molar-refractivity contribution >= 4 is 11.6 Å². The Morgan fingerprint density at radius 1 is 1.32 bits per heavy atom. The molecule has 2 unspecified atom stereocenters. The minimum absolute atomic E-state index is 0.556. The summed E-state index contributed by atoms with van der Waals surface area (Å²) in [5.74, 6) is 1.53. The second-order valence-electron chi connectivity index (χ2n) is 5.36. The first-order valence-corrected chi connectivity index (χ1v) is 7.69. The maximum absolute atomic E-state index is 6.16. The molecule has 1 aliphatic rings. The van der Waals surface area contributed by atoms with Crippen molar-refractivity contribution in [2.24, 2.45) is 0 Å². The topological polar surface area (TPSA) is 21.3 Å². The normalized spacial score (nSPS) is 23.9. The van der Waals surface area contributed by atoms with E-state index in [4.69, 9.17) is 16.3 Å². The Morgan fingerprint density at radius 3 is 2.84 bits per heavy atom. The van der Waals surface area contributed by atoms with Gasteiger partial charge < -0.3 is 10.1 Å². The molecule has 3 heteroatoms. The van der Waals surface area contributed by atoms with Crippen molar-refractivity contribution in [3.63, 3.8) is 0 Å². The third kappa shape index (κ3) is 3.87. The molecule has 1 saturated carbocycles. The van der Waals surface area contributed by atoms with E-state index in [2.05, 4.69) is 18.3 Å². The molecule has 0 aromatic heterocycles. The van der Waals surface area contributed by atoms with Gasteiger partial charge in [0.15, 0.2) is 0 Å². The second kappa shape index (κ2) is 7.16. The van der Waals surface area contributed by atoms with Crippen molar-refractivity contribution in [1.82, 2.24) is 5.32 Å². The quantitative estimate of drug-likeness (QED) is 0.827. The maximum atomic E-state index is 6.16. The Hall–Kier alpha value is -0.730. The van der Waals surface area contributed by atoms with Gasteiger partial charge >= 0.3 is 0 Å². The van der Waals surface area contributed by atoms with E-state index in [0.717, 1.165) is 17.3 Å². The SMILES string of the molecule is CCNC1CCCCC(c2cc(Cl)ccc2OC)C1. The standard InChI is InChI=1S/C16H24ClNO/c1-3-18-14-7-5-4-6-12(10-14)15-11-13(17)8-9-16(15)19-2/h8-9,11-12,14,18H,3-7,10H2,1-2H3. The molecule has 1 aromatic rings. The van der Waals surface area contributed by atoms with Crippen LogP contribution in [0.2, 0.25) is 5.02 Å². The Bertz CT molecular complexity index is 408. The average molecular weight is 282 g/mol. The van der Waals surface area contributed by atoms with Crippen LogP contribution >= 0.6 is 11.6 Å². The van der Waals surface area contributed by atoms with E-state index in [9.17, 15) is 0 Å². The molecular weight excluding hydrogens is 258 g/mol. The van der Waals surface area contributed by atoms with Crippen LogP contribution in [0.3, 0.4) is 0 Å². The van der Waals surface area contributed by atoms with Crippen LogP contribution in [0.25, 0.3) is 0 Å². The van der Waals surface area contributed by atoms with E-state index in [-0.39, 0.29) is 0 Å². The molecule has 0 spiro atoms. The monoisotopic (exact) mass is 281 g/mol. The Morgan fingerprint density at radius 2 is 2.11 bits per heavy atom. The molecule has 0 heterocycles. The van der Waals surface area contributed by atoms with Crippen molar-refractivity contribution in [3.8, 4) is 5.75 Å². The predicted molar refractivity (Wildman–Crippen MR) is 81.3 cm³/mol. The summed E-state index contributed by atoms with van der Waals surface area (Å²) in [6.07, 6.45) is 6.32. The van der Waals surface area contributed by atoms with Crippen molar-refractivity contribution in [3.05, 3.63) is 28.8 Å². The van der Waals surface area contributed by atoms with E-state index >= 15 is 0 Å². The smallest absolute Gasteiger partial charge is 0.122 e.